The highest BCUT2D eigenvalue weighted by Gasteiger charge is 2.52. The van der Waals surface area contributed by atoms with Crippen molar-refractivity contribution in [3.63, 3.8) is 0 Å². The van der Waals surface area contributed by atoms with Gasteiger partial charge in [0.15, 0.2) is 5.82 Å². The predicted octanol–water partition coefficient (Wildman–Crippen LogP) is 1.81. The number of nitrogens with zero attached hydrogens (tertiary/aromatic N) is 3. The molecular weight excluding hydrogens is 434 g/mol. The summed E-state index contributed by atoms with van der Waals surface area (Å²) < 4.78 is 0. The average Bonchev–Trinajstić information content (AvgIpc) is 3.19. The summed E-state index contributed by atoms with van der Waals surface area (Å²) in [6, 6.07) is 9.12. The van der Waals surface area contributed by atoms with Gasteiger partial charge in [-0.3, -0.25) is 4.79 Å². The lowest BCUT2D eigenvalue weighted by atomic mass is 9.76. The third-order valence-electron chi connectivity index (χ3n) is 6.73. The molecule has 10 nitrogen and oxygen atoms in total. The molecule has 0 spiro atoms. The molecule has 0 radical (unpaired) electrons. The maximum Gasteiger partial charge on any atom is 0.338 e. The minimum atomic E-state index is -1.13. The molecular formula is C24H33N7O3. The normalized spacial score (nSPS) is 23.9. The maximum absolute atomic E-state index is 13.0. The van der Waals surface area contributed by atoms with Crippen LogP contribution in [-0.2, 0) is 4.79 Å². The summed E-state index contributed by atoms with van der Waals surface area (Å²) >= 11 is 0. The van der Waals surface area contributed by atoms with Gasteiger partial charge in [-0.15, -0.1) is 0 Å². The number of carbonyl (C=O) groups excluding carboxylic acids is 1. The molecule has 7 N–H and O–H groups in total. The van der Waals surface area contributed by atoms with Crippen LogP contribution in [0, 0.1) is 0 Å². The molecule has 1 aromatic heterocycles. The molecule has 2 aromatic rings. The molecule has 3 unspecified atom stereocenters. The molecule has 0 saturated heterocycles. The molecule has 1 saturated carbocycles. The number of aromatic carboxylic acids is 1. The Morgan fingerprint density at radius 3 is 2.65 bits per heavy atom. The highest BCUT2D eigenvalue weighted by Crippen LogP contribution is 2.50. The Kier molecular flexibility index (Phi) is 6.63. The van der Waals surface area contributed by atoms with Gasteiger partial charge in [0.25, 0.3) is 0 Å². The van der Waals surface area contributed by atoms with Crippen LogP contribution in [0.5, 0.6) is 0 Å². The number of amides is 1. The van der Waals surface area contributed by atoms with Crippen LogP contribution in [0.1, 0.15) is 47.8 Å². The number of aromatic nitrogens is 1. The van der Waals surface area contributed by atoms with E-state index in [0.717, 1.165) is 37.2 Å². The fourth-order valence-electron chi connectivity index (χ4n) is 5.06. The second kappa shape index (κ2) is 9.47. The van der Waals surface area contributed by atoms with Gasteiger partial charge in [0.05, 0.1) is 11.3 Å². The van der Waals surface area contributed by atoms with Crippen LogP contribution >= 0.6 is 0 Å². The van der Waals surface area contributed by atoms with Crippen molar-refractivity contribution in [1.82, 2.24) is 9.88 Å². The van der Waals surface area contributed by atoms with Crippen LogP contribution in [-0.4, -0.2) is 65.6 Å². The van der Waals surface area contributed by atoms with Crippen molar-refractivity contribution >= 4 is 29.1 Å². The van der Waals surface area contributed by atoms with Crippen molar-refractivity contribution in [1.29, 1.82) is 0 Å². The van der Waals surface area contributed by atoms with E-state index in [0.29, 0.717) is 24.3 Å². The van der Waals surface area contributed by atoms with E-state index < -0.39 is 23.6 Å². The number of nitrogens with one attached hydrogen (secondary N) is 2. The molecule has 2 aliphatic rings. The van der Waals surface area contributed by atoms with Crippen LogP contribution in [0.25, 0.3) is 0 Å². The van der Waals surface area contributed by atoms with Gasteiger partial charge in [-0.1, -0.05) is 12.1 Å². The number of rotatable bonds is 8. The summed E-state index contributed by atoms with van der Waals surface area (Å²) in [5.74, 6) is -1.19. The lowest BCUT2D eigenvalue weighted by Crippen LogP contribution is -2.62. The topological polar surface area (TPSA) is 150 Å². The van der Waals surface area contributed by atoms with E-state index in [1.54, 1.807) is 0 Å². The number of carbonyl (C=O) groups is 2. The number of primary amides is 1. The zero-order valence-corrected chi connectivity index (χ0v) is 19.6. The molecule has 1 fully saturated rings. The Morgan fingerprint density at radius 1 is 1.29 bits per heavy atom. The van der Waals surface area contributed by atoms with E-state index in [4.69, 9.17) is 11.5 Å². The van der Waals surface area contributed by atoms with E-state index in [9.17, 15) is 14.7 Å². The summed E-state index contributed by atoms with van der Waals surface area (Å²) in [5.41, 5.74) is 13.5. The van der Waals surface area contributed by atoms with Crippen molar-refractivity contribution in [3.05, 3.63) is 47.7 Å². The molecule has 1 aromatic carbocycles. The minimum absolute atomic E-state index is 0.0711. The van der Waals surface area contributed by atoms with Crippen molar-refractivity contribution in [2.45, 2.75) is 43.4 Å². The fourth-order valence-corrected chi connectivity index (χ4v) is 5.06. The van der Waals surface area contributed by atoms with Gasteiger partial charge < -0.3 is 37.0 Å². The first kappa shape index (κ1) is 23.8. The standard InChI is InChI=1S/C24H33N7O3/c1-30(2)13-12-27-17-7-5-15(6-8-17)21-29-20-19(18(22(32)33)9-11-28-20)31(21)24(23(26)34)10-3-4-16(25)14-24/h5-9,11,16,21,27H,3-4,10,12-14,25H2,1-2H3,(H2,26,34)(H,28,29)(H,32,33). The number of nitrogens with two attached hydrogens (primary N) is 2. The maximum atomic E-state index is 13.0. The first-order valence-corrected chi connectivity index (χ1v) is 11.5. The van der Waals surface area contributed by atoms with Gasteiger partial charge in [-0.05, 0) is 63.5 Å². The van der Waals surface area contributed by atoms with E-state index in [2.05, 4.69) is 20.5 Å². The van der Waals surface area contributed by atoms with Gasteiger partial charge in [0, 0.05) is 31.0 Å². The van der Waals surface area contributed by atoms with Crippen LogP contribution < -0.4 is 27.0 Å². The van der Waals surface area contributed by atoms with Gasteiger partial charge in [-0.2, -0.15) is 0 Å². The number of pyridine rings is 1. The van der Waals surface area contributed by atoms with Crippen LogP contribution in [0.15, 0.2) is 36.5 Å². The van der Waals surface area contributed by atoms with E-state index >= 15 is 0 Å². The second-order valence-corrected chi connectivity index (χ2v) is 9.38. The lowest BCUT2D eigenvalue weighted by Gasteiger charge is -2.47. The van der Waals surface area contributed by atoms with Crippen LogP contribution in [0.4, 0.5) is 17.2 Å². The van der Waals surface area contributed by atoms with Gasteiger partial charge in [-0.25, -0.2) is 9.78 Å². The third-order valence-corrected chi connectivity index (χ3v) is 6.73. The lowest BCUT2D eigenvalue weighted by molar-refractivity contribution is -0.124. The molecule has 1 aliphatic heterocycles. The molecule has 3 atom stereocenters. The number of hydrogen-bond acceptors (Lipinski definition) is 8. The minimum Gasteiger partial charge on any atom is -0.478 e. The van der Waals surface area contributed by atoms with Crippen molar-refractivity contribution in [2.24, 2.45) is 11.5 Å². The number of fused-ring (bicyclic) bond motifs is 1. The summed E-state index contributed by atoms with van der Waals surface area (Å²) in [5, 5.41) is 16.6. The smallest absolute Gasteiger partial charge is 0.338 e. The van der Waals surface area contributed by atoms with E-state index in [-0.39, 0.29) is 11.6 Å². The zero-order valence-electron chi connectivity index (χ0n) is 19.6. The molecule has 1 amide bonds. The molecule has 10 heteroatoms. The van der Waals surface area contributed by atoms with E-state index in [1.165, 1.54) is 12.3 Å². The Labute approximate surface area is 199 Å². The van der Waals surface area contributed by atoms with Crippen molar-refractivity contribution in [2.75, 3.05) is 42.7 Å². The Morgan fingerprint density at radius 2 is 2.03 bits per heavy atom. The number of carboxylic acids is 1. The Balaban J connectivity index is 1.76. The van der Waals surface area contributed by atoms with Crippen LogP contribution in [0.3, 0.4) is 0 Å². The predicted molar refractivity (Wildman–Crippen MR) is 132 cm³/mol. The fraction of sp³-hybridized carbons (Fsp3) is 0.458. The van der Waals surface area contributed by atoms with Crippen molar-refractivity contribution < 1.29 is 14.7 Å². The highest BCUT2D eigenvalue weighted by molar-refractivity contribution is 6.02. The highest BCUT2D eigenvalue weighted by atomic mass is 16.4. The van der Waals surface area contributed by atoms with Gasteiger partial charge >= 0.3 is 5.97 Å². The second-order valence-electron chi connectivity index (χ2n) is 9.38. The molecule has 2 heterocycles. The Bertz CT molecular complexity index is 1060. The van der Waals surface area contributed by atoms with Crippen LogP contribution in [0.2, 0.25) is 0 Å². The van der Waals surface area contributed by atoms with E-state index in [1.807, 2.05) is 43.3 Å². The molecule has 1 aliphatic carbocycles. The number of anilines is 3. The summed E-state index contributed by atoms with van der Waals surface area (Å²) in [4.78, 5) is 33.5. The number of benzene rings is 1. The molecule has 34 heavy (non-hydrogen) atoms. The van der Waals surface area contributed by atoms with Gasteiger partial charge in [0.2, 0.25) is 5.91 Å². The third kappa shape index (κ3) is 4.38. The largest absolute Gasteiger partial charge is 0.478 e. The molecule has 0 bridgehead atoms. The molecule has 182 valence electrons. The quantitative estimate of drug-likeness (QED) is 0.392. The summed E-state index contributed by atoms with van der Waals surface area (Å²) in [6.45, 7) is 1.71. The zero-order chi connectivity index (χ0) is 24.5. The number of likely N-dealkylation sites (N-methyl/N-ethyl adjacent to an activating group) is 1. The number of hydrogen-bond donors (Lipinski definition) is 5. The van der Waals surface area contributed by atoms with Crippen molar-refractivity contribution in [3.8, 4) is 0 Å². The summed E-state index contributed by atoms with van der Waals surface area (Å²) in [6.07, 6.45) is 3.29. The SMILES string of the molecule is CN(C)CCNc1ccc(C2Nc3nccc(C(=O)O)c3N2C2(C(N)=O)CCCC(N)C2)cc1. The Hall–Kier alpha value is -3.37. The van der Waals surface area contributed by atoms with Gasteiger partial charge in [0.1, 0.15) is 11.7 Å². The molecule has 4 rings (SSSR count). The first-order chi connectivity index (χ1) is 16.2. The number of carboxylic acid groups (broad SMARTS) is 1. The monoisotopic (exact) mass is 467 g/mol. The first-order valence-electron chi connectivity index (χ1n) is 11.5. The average molecular weight is 468 g/mol. The summed E-state index contributed by atoms with van der Waals surface area (Å²) in [7, 11) is 4.04.